The van der Waals surface area contributed by atoms with Crippen LogP contribution in [0.15, 0.2) is 53.1 Å². The highest BCUT2D eigenvalue weighted by molar-refractivity contribution is 7.22. The normalized spacial score (nSPS) is 12.5. The lowest BCUT2D eigenvalue weighted by atomic mass is 10.1. The highest BCUT2D eigenvalue weighted by atomic mass is 32.1. The Morgan fingerprint density at radius 1 is 1.10 bits per heavy atom. The minimum atomic E-state index is -0.174. The zero-order chi connectivity index (χ0) is 20.0. The van der Waals surface area contributed by atoms with Gasteiger partial charge in [0.1, 0.15) is 5.76 Å². The minimum Gasteiger partial charge on any atom is -0.467 e. The first-order valence-electron chi connectivity index (χ1n) is 9.20. The molecule has 29 heavy (non-hydrogen) atoms. The standard InChI is InChI=1S/C22H18N2O4S/c1-13-8-17-20(9-14(13)2)29-22(23-17)24(11-16-4-3-7-26-16)21(25)15-5-6-18-19(10-15)28-12-27-18/h3-10H,11-12H2,1-2H3. The van der Waals surface area contributed by atoms with Gasteiger partial charge in [0.05, 0.1) is 23.0 Å². The summed E-state index contributed by atoms with van der Waals surface area (Å²) in [5, 5.41) is 0.629. The zero-order valence-corrected chi connectivity index (χ0v) is 16.8. The van der Waals surface area contributed by atoms with Gasteiger partial charge in [0.15, 0.2) is 16.6 Å². The van der Waals surface area contributed by atoms with Gasteiger partial charge in [0.2, 0.25) is 6.79 Å². The maximum Gasteiger partial charge on any atom is 0.260 e. The second-order valence-electron chi connectivity index (χ2n) is 6.94. The van der Waals surface area contributed by atoms with E-state index in [1.54, 1.807) is 29.4 Å². The van der Waals surface area contributed by atoms with Gasteiger partial charge < -0.3 is 13.9 Å². The maximum absolute atomic E-state index is 13.4. The molecule has 0 saturated carbocycles. The topological polar surface area (TPSA) is 64.8 Å². The number of carbonyl (C=O) groups is 1. The third kappa shape index (κ3) is 3.23. The fourth-order valence-corrected chi connectivity index (χ4v) is 4.30. The molecule has 2 aromatic carbocycles. The van der Waals surface area contributed by atoms with E-state index in [1.165, 1.54) is 22.5 Å². The number of furan rings is 1. The molecule has 0 N–H and O–H groups in total. The van der Waals surface area contributed by atoms with Crippen LogP contribution in [0.5, 0.6) is 11.5 Å². The van der Waals surface area contributed by atoms with Crippen LogP contribution in [0, 0.1) is 13.8 Å². The van der Waals surface area contributed by atoms with Crippen LogP contribution in [0.2, 0.25) is 0 Å². The smallest absolute Gasteiger partial charge is 0.260 e. The van der Waals surface area contributed by atoms with Crippen molar-refractivity contribution in [3.8, 4) is 11.5 Å². The van der Waals surface area contributed by atoms with E-state index in [4.69, 9.17) is 18.9 Å². The third-order valence-corrected chi connectivity index (χ3v) is 6.02. The molecule has 6 nitrogen and oxygen atoms in total. The number of aromatic nitrogens is 1. The Hall–Kier alpha value is -3.32. The molecule has 1 aliphatic heterocycles. The second-order valence-corrected chi connectivity index (χ2v) is 7.95. The summed E-state index contributed by atoms with van der Waals surface area (Å²) in [5.41, 5.74) is 3.77. The average Bonchev–Trinajstić information content (AvgIpc) is 3.46. The van der Waals surface area contributed by atoms with Crippen LogP contribution in [-0.2, 0) is 6.54 Å². The Balaban J connectivity index is 1.57. The number of fused-ring (bicyclic) bond motifs is 2. The quantitative estimate of drug-likeness (QED) is 0.473. The van der Waals surface area contributed by atoms with Crippen LogP contribution in [0.25, 0.3) is 10.2 Å². The first-order chi connectivity index (χ1) is 14.1. The molecule has 0 bridgehead atoms. The predicted octanol–water partition coefficient (Wildman–Crippen LogP) is 5.08. The van der Waals surface area contributed by atoms with E-state index in [1.807, 2.05) is 12.1 Å². The Kier molecular flexibility index (Phi) is 4.24. The molecule has 0 spiro atoms. The first kappa shape index (κ1) is 17.8. The van der Waals surface area contributed by atoms with Crippen LogP contribution in [0.1, 0.15) is 27.2 Å². The summed E-state index contributed by atoms with van der Waals surface area (Å²) in [7, 11) is 0. The number of benzene rings is 2. The van der Waals surface area contributed by atoms with E-state index < -0.39 is 0 Å². The van der Waals surface area contributed by atoms with Gasteiger partial charge in [-0.05, 0) is 67.4 Å². The summed E-state index contributed by atoms with van der Waals surface area (Å²) >= 11 is 1.49. The third-order valence-electron chi connectivity index (χ3n) is 4.98. The van der Waals surface area contributed by atoms with Crippen molar-refractivity contribution in [2.24, 2.45) is 0 Å². The van der Waals surface area contributed by atoms with E-state index in [2.05, 4.69) is 26.0 Å². The van der Waals surface area contributed by atoms with Crippen molar-refractivity contribution < 1.29 is 18.7 Å². The van der Waals surface area contributed by atoms with Gasteiger partial charge in [-0.2, -0.15) is 0 Å². The van der Waals surface area contributed by atoms with Crippen LogP contribution >= 0.6 is 11.3 Å². The molecule has 146 valence electrons. The van der Waals surface area contributed by atoms with Crippen LogP contribution in [0.3, 0.4) is 0 Å². The number of rotatable bonds is 4. The van der Waals surface area contributed by atoms with E-state index in [0.717, 1.165) is 10.2 Å². The molecule has 0 fully saturated rings. The Bertz CT molecular complexity index is 1170. The second kappa shape index (κ2) is 6.93. The molecule has 0 unspecified atom stereocenters. The molecule has 3 heterocycles. The van der Waals surface area contributed by atoms with Gasteiger partial charge >= 0.3 is 0 Å². The highest BCUT2D eigenvalue weighted by Gasteiger charge is 2.25. The van der Waals surface area contributed by atoms with E-state index in [-0.39, 0.29) is 19.2 Å². The Morgan fingerprint density at radius 3 is 2.76 bits per heavy atom. The maximum atomic E-state index is 13.4. The van der Waals surface area contributed by atoms with Gasteiger partial charge in [-0.1, -0.05) is 11.3 Å². The monoisotopic (exact) mass is 406 g/mol. The first-order valence-corrected chi connectivity index (χ1v) is 10.0. The number of thiazole rings is 1. The fraction of sp³-hybridized carbons (Fsp3) is 0.182. The van der Waals surface area contributed by atoms with Gasteiger partial charge in [-0.3, -0.25) is 9.69 Å². The molecule has 0 radical (unpaired) electrons. The number of hydrogen-bond acceptors (Lipinski definition) is 6. The molecule has 1 aliphatic rings. The fourth-order valence-electron chi connectivity index (χ4n) is 3.25. The van der Waals surface area contributed by atoms with E-state index in [9.17, 15) is 4.79 Å². The molecule has 0 atom stereocenters. The average molecular weight is 406 g/mol. The number of nitrogens with zero attached hydrogens (tertiary/aromatic N) is 2. The van der Waals surface area contributed by atoms with Crippen molar-refractivity contribution in [3.63, 3.8) is 0 Å². The lowest BCUT2D eigenvalue weighted by Gasteiger charge is -2.19. The number of carbonyl (C=O) groups excluding carboxylic acids is 1. The number of anilines is 1. The van der Waals surface area contributed by atoms with Crippen LogP contribution in [-0.4, -0.2) is 17.7 Å². The lowest BCUT2D eigenvalue weighted by Crippen LogP contribution is -2.30. The number of aryl methyl sites for hydroxylation is 2. The molecule has 4 aromatic rings. The van der Waals surface area contributed by atoms with Gasteiger partial charge in [0, 0.05) is 5.56 Å². The van der Waals surface area contributed by atoms with Gasteiger partial charge in [-0.15, -0.1) is 0 Å². The molecule has 5 rings (SSSR count). The van der Waals surface area contributed by atoms with Gasteiger partial charge in [-0.25, -0.2) is 4.98 Å². The van der Waals surface area contributed by atoms with Crippen molar-refractivity contribution in [2.45, 2.75) is 20.4 Å². The SMILES string of the molecule is Cc1cc2nc(N(Cc3ccco3)C(=O)c3ccc4c(c3)OCO4)sc2cc1C. The summed E-state index contributed by atoms with van der Waals surface area (Å²) in [6, 6.07) is 13.0. The lowest BCUT2D eigenvalue weighted by molar-refractivity contribution is 0.0983. The summed E-state index contributed by atoms with van der Waals surface area (Å²) in [4.78, 5) is 19.8. The van der Waals surface area contributed by atoms with Gasteiger partial charge in [0.25, 0.3) is 5.91 Å². The molecular formula is C22H18N2O4S. The highest BCUT2D eigenvalue weighted by Crippen LogP contribution is 2.35. The van der Waals surface area contributed by atoms with Crippen LogP contribution in [0.4, 0.5) is 5.13 Å². The summed E-state index contributed by atoms with van der Waals surface area (Å²) in [6.45, 7) is 4.59. The van der Waals surface area contributed by atoms with Crippen molar-refractivity contribution in [1.82, 2.24) is 4.98 Å². The number of amides is 1. The molecular weight excluding hydrogens is 388 g/mol. The zero-order valence-electron chi connectivity index (χ0n) is 16.0. The summed E-state index contributed by atoms with van der Waals surface area (Å²) in [6.07, 6.45) is 1.60. The Labute approximate surface area is 171 Å². The van der Waals surface area contributed by atoms with Crippen molar-refractivity contribution >= 4 is 32.6 Å². The van der Waals surface area contributed by atoms with Crippen LogP contribution < -0.4 is 14.4 Å². The molecule has 2 aromatic heterocycles. The molecule has 7 heteroatoms. The Morgan fingerprint density at radius 2 is 1.93 bits per heavy atom. The largest absolute Gasteiger partial charge is 0.467 e. The number of hydrogen-bond donors (Lipinski definition) is 0. The summed E-state index contributed by atoms with van der Waals surface area (Å²) < 4.78 is 17.3. The predicted molar refractivity (Wildman–Crippen MR) is 111 cm³/mol. The van der Waals surface area contributed by atoms with Crippen molar-refractivity contribution in [2.75, 3.05) is 11.7 Å². The minimum absolute atomic E-state index is 0.166. The van der Waals surface area contributed by atoms with E-state index in [0.29, 0.717) is 28.0 Å². The molecule has 0 saturated heterocycles. The number of ether oxygens (including phenoxy) is 2. The molecule has 1 amide bonds. The molecule has 0 aliphatic carbocycles. The van der Waals surface area contributed by atoms with Crippen molar-refractivity contribution in [3.05, 3.63) is 71.2 Å². The summed E-state index contributed by atoms with van der Waals surface area (Å²) in [5.74, 6) is 1.73. The van der Waals surface area contributed by atoms with Crippen molar-refractivity contribution in [1.29, 1.82) is 0 Å². The van der Waals surface area contributed by atoms with E-state index >= 15 is 0 Å².